The number of thiazole rings is 1. The van der Waals surface area contributed by atoms with Crippen LogP contribution in [0.5, 0.6) is 5.75 Å². The second-order valence-electron chi connectivity index (χ2n) is 6.32. The van der Waals surface area contributed by atoms with Gasteiger partial charge in [0.1, 0.15) is 0 Å². The molecule has 1 aromatic heterocycles. The van der Waals surface area contributed by atoms with E-state index >= 15 is 0 Å². The fraction of sp³-hybridized carbons (Fsp3) is 0.273. The number of rotatable bonds is 9. The van der Waals surface area contributed by atoms with Gasteiger partial charge in [0.15, 0.2) is 11.6 Å². The number of carbonyl (C=O) groups excluding carboxylic acids is 1. The third-order valence-corrected chi connectivity index (χ3v) is 5.04. The van der Waals surface area contributed by atoms with Gasteiger partial charge >= 0.3 is 0 Å². The van der Waals surface area contributed by atoms with Crippen molar-refractivity contribution in [3.63, 3.8) is 0 Å². The summed E-state index contributed by atoms with van der Waals surface area (Å²) in [5, 5.41) is 2.77. The molecule has 0 fully saturated rings. The van der Waals surface area contributed by atoms with Crippen molar-refractivity contribution in [3.05, 3.63) is 71.0 Å². The Morgan fingerprint density at radius 1 is 1.29 bits per heavy atom. The molecule has 0 aliphatic rings. The van der Waals surface area contributed by atoms with E-state index in [-0.39, 0.29) is 18.2 Å². The number of hydrogen-bond acceptors (Lipinski definition) is 4. The zero-order valence-electron chi connectivity index (χ0n) is 15.8. The first kappa shape index (κ1) is 20.0. The summed E-state index contributed by atoms with van der Waals surface area (Å²) in [5.41, 5.74) is 3.54. The molecule has 0 radical (unpaired) electrons. The fourth-order valence-corrected chi connectivity index (χ4v) is 3.46. The highest BCUT2D eigenvalue weighted by atomic mass is 32.1. The van der Waals surface area contributed by atoms with Crippen LogP contribution >= 0.6 is 11.3 Å². The van der Waals surface area contributed by atoms with E-state index in [1.54, 1.807) is 35.8 Å². The topological polar surface area (TPSA) is 51.2 Å². The van der Waals surface area contributed by atoms with Crippen molar-refractivity contribution in [3.8, 4) is 5.75 Å². The molecule has 6 heteroatoms. The Morgan fingerprint density at radius 3 is 3.04 bits per heavy atom. The van der Waals surface area contributed by atoms with Crippen molar-refractivity contribution in [2.75, 3.05) is 6.61 Å². The van der Waals surface area contributed by atoms with Crippen molar-refractivity contribution in [1.82, 2.24) is 10.3 Å². The van der Waals surface area contributed by atoms with Gasteiger partial charge in [-0.15, -0.1) is 11.3 Å². The van der Waals surface area contributed by atoms with Crippen LogP contribution in [0.2, 0.25) is 0 Å². The van der Waals surface area contributed by atoms with Gasteiger partial charge in [-0.05, 0) is 43.5 Å². The van der Waals surface area contributed by atoms with Gasteiger partial charge in [-0.3, -0.25) is 4.79 Å². The Bertz CT molecular complexity index is 968. The molecule has 0 aliphatic heterocycles. The maximum atomic E-state index is 14.6. The van der Waals surface area contributed by atoms with Gasteiger partial charge < -0.3 is 10.1 Å². The quantitative estimate of drug-likeness (QED) is 0.383. The number of carbonyl (C=O) groups is 1. The second-order valence-corrected chi connectivity index (χ2v) is 7.20. The first-order valence-electron chi connectivity index (χ1n) is 9.35. The molecular weight excluding hydrogens is 375 g/mol. The molecule has 1 heterocycles. The third kappa shape index (κ3) is 5.16. The first-order chi connectivity index (χ1) is 13.7. The SMILES string of the molecule is CCC=CCCCOc1cccc(CNC(=O)c2ccc3ncsc3c2)c1F. The number of nitrogens with zero attached hydrogens (tertiary/aromatic N) is 1. The number of hydrogen-bond donors (Lipinski definition) is 1. The summed E-state index contributed by atoms with van der Waals surface area (Å²) in [4.78, 5) is 16.6. The van der Waals surface area contributed by atoms with Crippen LogP contribution in [0.1, 0.15) is 42.1 Å². The van der Waals surface area contributed by atoms with E-state index in [1.807, 2.05) is 6.07 Å². The highest BCUT2D eigenvalue weighted by Crippen LogP contribution is 2.22. The van der Waals surface area contributed by atoms with Crippen LogP contribution in [-0.2, 0) is 6.54 Å². The van der Waals surface area contributed by atoms with E-state index in [0.717, 1.165) is 29.5 Å². The Labute approximate surface area is 168 Å². The number of aromatic nitrogens is 1. The maximum absolute atomic E-state index is 14.6. The Morgan fingerprint density at radius 2 is 2.18 bits per heavy atom. The number of unbranched alkanes of at least 4 members (excludes halogenated alkanes) is 1. The lowest BCUT2D eigenvalue weighted by Gasteiger charge is -2.11. The molecule has 0 unspecified atom stereocenters. The van der Waals surface area contributed by atoms with Gasteiger partial charge in [-0.2, -0.15) is 0 Å². The summed E-state index contributed by atoms with van der Waals surface area (Å²) in [7, 11) is 0. The normalized spacial score (nSPS) is 11.2. The summed E-state index contributed by atoms with van der Waals surface area (Å²) in [6, 6.07) is 10.3. The molecule has 2 aromatic carbocycles. The number of benzene rings is 2. The lowest BCUT2D eigenvalue weighted by molar-refractivity contribution is 0.0950. The minimum absolute atomic E-state index is 0.0990. The molecular formula is C22H23FN2O2S. The van der Waals surface area contributed by atoms with E-state index in [9.17, 15) is 9.18 Å². The maximum Gasteiger partial charge on any atom is 0.251 e. The Hall–Kier alpha value is -2.73. The van der Waals surface area contributed by atoms with Crippen LogP contribution in [-0.4, -0.2) is 17.5 Å². The zero-order chi connectivity index (χ0) is 19.8. The summed E-state index contributed by atoms with van der Waals surface area (Å²) < 4.78 is 21.1. The van der Waals surface area contributed by atoms with E-state index in [1.165, 1.54) is 11.3 Å². The number of halogens is 1. The van der Waals surface area contributed by atoms with E-state index < -0.39 is 5.82 Å². The molecule has 0 atom stereocenters. The monoisotopic (exact) mass is 398 g/mol. The summed E-state index contributed by atoms with van der Waals surface area (Å²) in [6.45, 7) is 2.64. The van der Waals surface area contributed by atoms with Gasteiger partial charge in [0.25, 0.3) is 5.91 Å². The lowest BCUT2D eigenvalue weighted by atomic mass is 10.1. The molecule has 146 valence electrons. The highest BCUT2D eigenvalue weighted by Gasteiger charge is 2.12. The zero-order valence-corrected chi connectivity index (χ0v) is 16.6. The van der Waals surface area contributed by atoms with Gasteiger partial charge in [0.2, 0.25) is 0 Å². The first-order valence-corrected chi connectivity index (χ1v) is 10.2. The molecule has 1 amide bonds. The summed E-state index contributed by atoms with van der Waals surface area (Å²) in [6.07, 6.45) is 6.97. The minimum Gasteiger partial charge on any atom is -0.490 e. The van der Waals surface area contributed by atoms with Crippen molar-refractivity contribution >= 4 is 27.5 Å². The van der Waals surface area contributed by atoms with Crippen molar-refractivity contribution in [2.24, 2.45) is 0 Å². The van der Waals surface area contributed by atoms with Crippen LogP contribution in [0.4, 0.5) is 4.39 Å². The second kappa shape index (κ2) is 9.99. The highest BCUT2D eigenvalue weighted by molar-refractivity contribution is 7.16. The number of nitrogens with one attached hydrogen (secondary N) is 1. The number of ether oxygens (including phenoxy) is 1. The standard InChI is InChI=1S/C22H23FN2O2S/c1-2-3-4-5-6-12-27-19-9-7-8-17(21(19)23)14-24-22(26)16-10-11-18-20(13-16)28-15-25-18/h3-4,7-11,13,15H,2,5-6,12,14H2,1H3,(H,24,26). The van der Waals surface area contributed by atoms with Crippen LogP contribution < -0.4 is 10.1 Å². The summed E-state index contributed by atoms with van der Waals surface area (Å²) in [5.74, 6) is -0.453. The van der Waals surface area contributed by atoms with E-state index in [4.69, 9.17) is 4.74 Å². The van der Waals surface area contributed by atoms with Crippen LogP contribution in [0.25, 0.3) is 10.2 Å². The van der Waals surface area contributed by atoms with Crippen molar-refractivity contribution in [2.45, 2.75) is 32.7 Å². The molecule has 1 N–H and O–H groups in total. The van der Waals surface area contributed by atoms with E-state index in [2.05, 4.69) is 29.4 Å². The van der Waals surface area contributed by atoms with E-state index in [0.29, 0.717) is 17.7 Å². The number of amides is 1. The van der Waals surface area contributed by atoms with Crippen LogP contribution in [0.3, 0.4) is 0 Å². The van der Waals surface area contributed by atoms with Gasteiger partial charge in [0.05, 0.1) is 22.3 Å². The third-order valence-electron chi connectivity index (χ3n) is 4.25. The molecule has 3 rings (SSSR count). The average molecular weight is 399 g/mol. The Kier molecular flexibility index (Phi) is 7.14. The lowest BCUT2D eigenvalue weighted by Crippen LogP contribution is -2.23. The van der Waals surface area contributed by atoms with Crippen LogP contribution in [0, 0.1) is 5.82 Å². The van der Waals surface area contributed by atoms with Crippen LogP contribution in [0.15, 0.2) is 54.1 Å². The molecule has 0 spiro atoms. The van der Waals surface area contributed by atoms with Gasteiger partial charge in [-0.25, -0.2) is 9.37 Å². The molecule has 3 aromatic rings. The van der Waals surface area contributed by atoms with Gasteiger partial charge in [-0.1, -0.05) is 31.2 Å². The molecule has 0 bridgehead atoms. The molecule has 4 nitrogen and oxygen atoms in total. The van der Waals surface area contributed by atoms with Gasteiger partial charge in [0, 0.05) is 17.7 Å². The number of fused-ring (bicyclic) bond motifs is 1. The number of allylic oxidation sites excluding steroid dienone is 2. The predicted octanol–water partition coefficient (Wildman–Crippen LogP) is 5.49. The molecule has 0 saturated heterocycles. The van der Waals surface area contributed by atoms with Crippen molar-refractivity contribution in [1.29, 1.82) is 0 Å². The largest absolute Gasteiger partial charge is 0.490 e. The molecule has 0 aliphatic carbocycles. The average Bonchev–Trinajstić information content (AvgIpc) is 3.18. The molecule has 0 saturated carbocycles. The van der Waals surface area contributed by atoms with Crippen molar-refractivity contribution < 1.29 is 13.9 Å². The smallest absolute Gasteiger partial charge is 0.251 e. The predicted molar refractivity (Wildman–Crippen MR) is 111 cm³/mol. The fourth-order valence-electron chi connectivity index (χ4n) is 2.75. The molecule has 28 heavy (non-hydrogen) atoms. The summed E-state index contributed by atoms with van der Waals surface area (Å²) >= 11 is 1.48. The minimum atomic E-state index is -0.426. The Balaban J connectivity index is 1.56.